The second-order valence-electron chi connectivity index (χ2n) is 4.93. The van der Waals surface area contributed by atoms with Gasteiger partial charge in [-0.1, -0.05) is 12.2 Å². The third-order valence-corrected chi connectivity index (χ3v) is 3.88. The number of aliphatic hydroxyl groups excluding tert-OH is 3. The van der Waals surface area contributed by atoms with E-state index in [1.54, 1.807) is 13.1 Å². The van der Waals surface area contributed by atoms with Crippen molar-refractivity contribution in [3.05, 3.63) is 26.9 Å². The number of rotatable bonds is 2. The minimum absolute atomic E-state index is 0.267. The normalized spacial score (nSPS) is 31.0. The highest BCUT2D eigenvalue weighted by atomic mass is 32.1. The van der Waals surface area contributed by atoms with Crippen LogP contribution in [0.25, 0.3) is 0 Å². The lowest BCUT2D eigenvalue weighted by Gasteiger charge is -2.25. The molecule has 1 aliphatic heterocycles. The summed E-state index contributed by atoms with van der Waals surface area (Å²) in [5.74, 6) is 0. The minimum atomic E-state index is -1.18. The van der Waals surface area contributed by atoms with E-state index in [9.17, 15) is 20.1 Å². The first-order chi connectivity index (χ1) is 9.43. The van der Waals surface area contributed by atoms with Crippen LogP contribution in [-0.2, 0) is 4.74 Å². The molecule has 0 bridgehead atoms. The van der Waals surface area contributed by atoms with E-state index < -0.39 is 36.8 Å². The van der Waals surface area contributed by atoms with Crippen molar-refractivity contribution in [2.75, 3.05) is 6.61 Å². The molecule has 8 heteroatoms. The monoisotopic (exact) mass is 302 g/mol. The van der Waals surface area contributed by atoms with Crippen LogP contribution in [0.3, 0.4) is 0 Å². The molecule has 2 heterocycles. The summed E-state index contributed by atoms with van der Waals surface area (Å²) in [6.07, 6.45) is -1.59. The average Bonchev–Trinajstić information content (AvgIpc) is 2.55. The van der Waals surface area contributed by atoms with Gasteiger partial charge in [0.2, 0.25) is 0 Å². The highest BCUT2D eigenvalue weighted by Crippen LogP contribution is 2.25. The summed E-state index contributed by atoms with van der Waals surface area (Å²) in [6.45, 7) is 1.32. The van der Waals surface area contributed by atoms with Crippen LogP contribution < -0.4 is 5.69 Å². The molecule has 0 amide bonds. The van der Waals surface area contributed by atoms with Crippen LogP contribution >= 0.6 is 12.2 Å². The van der Waals surface area contributed by atoms with E-state index in [2.05, 4.69) is 4.98 Å². The predicted octanol–water partition coefficient (Wildman–Crippen LogP) is -0.394. The molecule has 1 unspecified atom stereocenters. The summed E-state index contributed by atoms with van der Waals surface area (Å²) >= 11 is 4.98. The molecular weight excluding hydrogens is 284 g/mol. The number of hydrogen-bond donors (Lipinski definition) is 4. The van der Waals surface area contributed by atoms with Crippen molar-refractivity contribution in [3.8, 4) is 0 Å². The van der Waals surface area contributed by atoms with Gasteiger partial charge in [-0.15, -0.1) is 0 Å². The number of aromatic amines is 1. The topological polar surface area (TPSA) is 108 Å². The van der Waals surface area contributed by atoms with Gasteiger partial charge >= 0.3 is 5.69 Å². The van der Waals surface area contributed by atoms with Crippen LogP contribution in [0.15, 0.2) is 11.0 Å². The standard InChI is InChI=1S/C12H18N2O5S/c1-6-4-14(12(18)13-11(6)20)9-3-2-7(16)10(17)8(5-15)19-9/h4,7-10,15-17H,2-3,5H2,1H3,(H,13,18,20)/t7-,8+,9?,10-/m0/s1. The Balaban J connectivity index is 2.35. The summed E-state index contributed by atoms with van der Waals surface area (Å²) in [5, 5.41) is 28.8. The zero-order valence-corrected chi connectivity index (χ0v) is 11.8. The lowest BCUT2D eigenvalue weighted by molar-refractivity contribution is -0.129. The van der Waals surface area contributed by atoms with E-state index in [1.165, 1.54) is 4.57 Å². The molecular formula is C12H18N2O5S. The number of nitrogens with zero attached hydrogens (tertiary/aromatic N) is 1. The molecule has 0 spiro atoms. The summed E-state index contributed by atoms with van der Waals surface area (Å²) in [5.41, 5.74) is 0.294. The number of aromatic nitrogens is 2. The average molecular weight is 302 g/mol. The predicted molar refractivity (Wildman–Crippen MR) is 72.9 cm³/mol. The van der Waals surface area contributed by atoms with Crippen molar-refractivity contribution in [3.63, 3.8) is 0 Å². The van der Waals surface area contributed by atoms with Gasteiger partial charge in [-0.2, -0.15) is 0 Å². The zero-order chi connectivity index (χ0) is 14.9. The van der Waals surface area contributed by atoms with Gasteiger partial charge < -0.3 is 20.1 Å². The Labute approximate surface area is 120 Å². The van der Waals surface area contributed by atoms with Crippen molar-refractivity contribution in [2.24, 2.45) is 0 Å². The van der Waals surface area contributed by atoms with E-state index >= 15 is 0 Å². The fraction of sp³-hybridized carbons (Fsp3) is 0.667. The van der Waals surface area contributed by atoms with Gasteiger partial charge in [0.25, 0.3) is 0 Å². The Morgan fingerprint density at radius 2 is 2.20 bits per heavy atom. The number of nitrogens with one attached hydrogen (secondary N) is 1. The van der Waals surface area contributed by atoms with Gasteiger partial charge in [-0.3, -0.25) is 9.55 Å². The summed E-state index contributed by atoms with van der Waals surface area (Å²) in [4.78, 5) is 14.5. The highest BCUT2D eigenvalue weighted by Gasteiger charge is 2.34. The molecule has 1 fully saturated rings. The van der Waals surface area contributed by atoms with Crippen molar-refractivity contribution >= 4 is 12.2 Å². The highest BCUT2D eigenvalue weighted by molar-refractivity contribution is 7.71. The van der Waals surface area contributed by atoms with Gasteiger partial charge in [-0.25, -0.2) is 4.79 Å². The minimum Gasteiger partial charge on any atom is -0.394 e. The first-order valence-corrected chi connectivity index (χ1v) is 6.79. The van der Waals surface area contributed by atoms with Crippen LogP contribution in [0.1, 0.15) is 24.6 Å². The van der Waals surface area contributed by atoms with Crippen LogP contribution in [0.5, 0.6) is 0 Å². The number of ether oxygens (including phenoxy) is 1. The van der Waals surface area contributed by atoms with Crippen molar-refractivity contribution in [2.45, 2.75) is 44.3 Å². The number of aryl methyl sites for hydroxylation is 1. The van der Waals surface area contributed by atoms with Crippen molar-refractivity contribution < 1.29 is 20.1 Å². The van der Waals surface area contributed by atoms with Crippen LogP contribution in [0.2, 0.25) is 0 Å². The third-order valence-electron chi connectivity index (χ3n) is 3.45. The van der Waals surface area contributed by atoms with Gasteiger partial charge in [0.15, 0.2) is 0 Å². The van der Waals surface area contributed by atoms with Crippen LogP contribution in [-0.4, -0.2) is 49.8 Å². The summed E-state index contributed by atoms with van der Waals surface area (Å²) < 4.78 is 7.25. The Kier molecular flexibility index (Phi) is 4.71. The molecule has 2 rings (SSSR count). The first-order valence-electron chi connectivity index (χ1n) is 6.38. The van der Waals surface area contributed by atoms with Gasteiger partial charge in [-0.05, 0) is 19.8 Å². The molecule has 1 saturated heterocycles. The molecule has 1 aromatic rings. The SMILES string of the molecule is Cc1cn(C2CC[C@H](O)[C@H](O)[C@@H](CO)O2)c(=O)[nH]c1=S. The quantitative estimate of drug-likeness (QED) is 0.554. The van der Waals surface area contributed by atoms with Gasteiger partial charge in [0.05, 0.1) is 12.7 Å². The second-order valence-corrected chi connectivity index (χ2v) is 5.33. The lowest BCUT2D eigenvalue weighted by Crippen LogP contribution is -2.40. The molecule has 20 heavy (non-hydrogen) atoms. The molecule has 1 aromatic heterocycles. The van der Waals surface area contributed by atoms with Crippen molar-refractivity contribution in [1.82, 2.24) is 9.55 Å². The maximum absolute atomic E-state index is 11.9. The molecule has 4 atom stereocenters. The van der Waals surface area contributed by atoms with E-state index in [0.29, 0.717) is 16.6 Å². The molecule has 4 N–H and O–H groups in total. The first kappa shape index (κ1) is 15.3. The third kappa shape index (κ3) is 2.99. The second kappa shape index (κ2) is 6.15. The summed E-state index contributed by atoms with van der Waals surface area (Å²) in [6, 6.07) is 0. The van der Waals surface area contributed by atoms with Crippen molar-refractivity contribution in [1.29, 1.82) is 0 Å². The van der Waals surface area contributed by atoms with Crippen LogP contribution in [0, 0.1) is 11.6 Å². The molecule has 1 aliphatic rings. The number of hydrogen-bond acceptors (Lipinski definition) is 6. The fourth-order valence-corrected chi connectivity index (χ4v) is 2.38. The maximum Gasteiger partial charge on any atom is 0.328 e. The smallest absolute Gasteiger partial charge is 0.328 e. The Bertz CT molecular complexity index is 584. The molecule has 0 aromatic carbocycles. The van der Waals surface area contributed by atoms with E-state index in [0.717, 1.165) is 0 Å². The van der Waals surface area contributed by atoms with E-state index in [1.807, 2.05) is 0 Å². The molecule has 112 valence electrons. The Morgan fingerprint density at radius 1 is 1.50 bits per heavy atom. The summed E-state index contributed by atoms with van der Waals surface area (Å²) in [7, 11) is 0. The van der Waals surface area contributed by atoms with E-state index in [-0.39, 0.29) is 6.42 Å². The molecule has 7 nitrogen and oxygen atoms in total. The lowest BCUT2D eigenvalue weighted by atomic mass is 10.1. The fourth-order valence-electron chi connectivity index (χ4n) is 2.24. The Hall–Kier alpha value is -1.06. The van der Waals surface area contributed by atoms with Gasteiger partial charge in [0, 0.05) is 11.8 Å². The largest absolute Gasteiger partial charge is 0.394 e. The maximum atomic E-state index is 11.9. The van der Waals surface area contributed by atoms with Crippen LogP contribution in [0.4, 0.5) is 0 Å². The van der Waals surface area contributed by atoms with E-state index in [4.69, 9.17) is 17.0 Å². The molecule has 0 radical (unpaired) electrons. The number of aliphatic hydroxyl groups is 3. The number of H-pyrrole nitrogens is 1. The Morgan fingerprint density at radius 3 is 2.85 bits per heavy atom. The van der Waals surface area contributed by atoms with Gasteiger partial charge in [0.1, 0.15) is 23.1 Å². The molecule has 0 aliphatic carbocycles. The zero-order valence-electron chi connectivity index (χ0n) is 11.0. The molecule has 0 saturated carbocycles.